The van der Waals surface area contributed by atoms with Gasteiger partial charge in [0.2, 0.25) is 5.91 Å². The van der Waals surface area contributed by atoms with Crippen LogP contribution in [0.15, 0.2) is 48.7 Å². The van der Waals surface area contributed by atoms with Gasteiger partial charge in [0, 0.05) is 48.6 Å². The number of primary amides is 1. The van der Waals surface area contributed by atoms with E-state index >= 15 is 0 Å². The van der Waals surface area contributed by atoms with Gasteiger partial charge in [-0.3, -0.25) is 14.4 Å². The quantitative estimate of drug-likeness (QED) is 0.386. The summed E-state index contributed by atoms with van der Waals surface area (Å²) in [6.45, 7) is 5.54. The lowest BCUT2D eigenvalue weighted by Gasteiger charge is -2.25. The Hall–Kier alpha value is -4.14. The Morgan fingerprint density at radius 2 is 1.89 bits per heavy atom. The van der Waals surface area contributed by atoms with Crippen LogP contribution in [0.2, 0.25) is 0 Å². The van der Waals surface area contributed by atoms with E-state index in [4.69, 9.17) is 21.2 Å². The summed E-state index contributed by atoms with van der Waals surface area (Å²) in [6.07, 6.45) is 2.00. The first-order valence-electron chi connectivity index (χ1n) is 11.8. The molecule has 4 rings (SSSR count). The number of esters is 1. The number of anilines is 1. The van der Waals surface area contributed by atoms with Gasteiger partial charge >= 0.3 is 5.97 Å². The zero-order valence-electron chi connectivity index (χ0n) is 20.9. The van der Waals surface area contributed by atoms with Crippen LogP contribution in [0.5, 0.6) is 0 Å². The van der Waals surface area contributed by atoms with Crippen molar-refractivity contribution in [1.82, 2.24) is 14.5 Å². The molecule has 9 nitrogen and oxygen atoms in total. The van der Waals surface area contributed by atoms with Crippen molar-refractivity contribution in [2.24, 2.45) is 12.8 Å². The Balaban J connectivity index is 1.54. The normalized spacial score (nSPS) is 14.0. The van der Waals surface area contributed by atoms with E-state index in [-0.39, 0.29) is 25.3 Å². The first-order valence-corrected chi connectivity index (χ1v) is 11.8. The van der Waals surface area contributed by atoms with Gasteiger partial charge in [-0.05, 0) is 57.0 Å². The predicted molar refractivity (Wildman–Crippen MR) is 136 cm³/mol. The van der Waals surface area contributed by atoms with Crippen molar-refractivity contribution in [1.29, 1.82) is 0 Å². The fraction of sp³-hybridized carbons (Fsp3) is 0.333. The van der Waals surface area contributed by atoms with Crippen molar-refractivity contribution in [2.75, 3.05) is 5.73 Å². The monoisotopic (exact) mass is 489 g/mol. The van der Waals surface area contributed by atoms with Gasteiger partial charge in [-0.15, -0.1) is 0 Å². The van der Waals surface area contributed by atoms with E-state index in [9.17, 15) is 14.4 Å². The van der Waals surface area contributed by atoms with Crippen LogP contribution in [0, 0.1) is 0 Å². The largest absolute Gasteiger partial charge is 0.460 e. The Bertz CT molecular complexity index is 1340. The molecule has 3 aromatic rings. The van der Waals surface area contributed by atoms with Gasteiger partial charge in [0.05, 0.1) is 5.69 Å². The molecule has 0 fully saturated rings. The van der Waals surface area contributed by atoms with Crippen LogP contribution in [0.25, 0.3) is 22.6 Å². The maximum atomic E-state index is 13.1. The van der Waals surface area contributed by atoms with Gasteiger partial charge in [0.15, 0.2) is 0 Å². The molecule has 0 radical (unpaired) electrons. The Kier molecular flexibility index (Phi) is 6.58. The number of hydrogen-bond acceptors (Lipinski definition) is 6. The zero-order valence-corrected chi connectivity index (χ0v) is 20.9. The second-order valence-electron chi connectivity index (χ2n) is 10.0. The number of nitrogens with zero attached hydrogens (tertiary/aromatic N) is 3. The van der Waals surface area contributed by atoms with Gasteiger partial charge in [-0.1, -0.05) is 18.2 Å². The predicted octanol–water partition coefficient (Wildman–Crippen LogP) is 3.27. The Morgan fingerprint density at radius 1 is 1.14 bits per heavy atom. The molecule has 9 heteroatoms. The molecule has 2 amide bonds. The maximum Gasteiger partial charge on any atom is 0.306 e. The number of fused-ring (bicyclic) bond motifs is 1. The molecule has 1 aliphatic heterocycles. The number of benzene rings is 2. The average Bonchev–Trinajstić information content (AvgIpc) is 3.32. The number of nitrogens with two attached hydrogens (primary N) is 2. The number of aryl methyl sites for hydroxylation is 1. The number of carbonyl (C=O) groups excluding carboxylic acids is 3. The molecule has 188 valence electrons. The van der Waals surface area contributed by atoms with Crippen LogP contribution in [0.3, 0.4) is 0 Å². The van der Waals surface area contributed by atoms with Gasteiger partial charge in [0.25, 0.3) is 5.91 Å². The van der Waals surface area contributed by atoms with E-state index in [0.29, 0.717) is 11.3 Å². The van der Waals surface area contributed by atoms with E-state index in [1.165, 1.54) is 4.90 Å². The molecule has 0 aliphatic carbocycles. The highest BCUT2D eigenvalue weighted by atomic mass is 16.6. The SMILES string of the molecule is Cn1cc(-c2ccc3c(c2)CN(C(CCC(=O)OC(C)(C)C)C(N)=O)C3=O)nc1-c1cccc(N)c1. The molecule has 4 N–H and O–H groups in total. The number of ether oxygens (including phenoxy) is 1. The van der Waals surface area contributed by atoms with Crippen molar-refractivity contribution >= 4 is 23.5 Å². The van der Waals surface area contributed by atoms with E-state index in [1.807, 2.05) is 54.2 Å². The molecule has 36 heavy (non-hydrogen) atoms. The van der Waals surface area contributed by atoms with Crippen molar-refractivity contribution in [3.63, 3.8) is 0 Å². The summed E-state index contributed by atoms with van der Waals surface area (Å²) in [4.78, 5) is 43.7. The van der Waals surface area contributed by atoms with E-state index in [2.05, 4.69) is 0 Å². The van der Waals surface area contributed by atoms with Crippen molar-refractivity contribution < 1.29 is 19.1 Å². The van der Waals surface area contributed by atoms with Gasteiger partial charge < -0.3 is 25.7 Å². The molecular formula is C27H31N5O4. The summed E-state index contributed by atoms with van der Waals surface area (Å²) >= 11 is 0. The number of amides is 2. The van der Waals surface area contributed by atoms with Crippen molar-refractivity contribution in [3.8, 4) is 22.6 Å². The highest BCUT2D eigenvalue weighted by molar-refractivity contribution is 6.01. The molecule has 0 saturated carbocycles. The minimum absolute atomic E-state index is 0.0169. The molecule has 0 spiro atoms. The van der Waals surface area contributed by atoms with Gasteiger partial charge in [-0.2, -0.15) is 0 Å². The number of aromatic nitrogens is 2. The first kappa shape index (κ1) is 25.0. The lowest BCUT2D eigenvalue weighted by atomic mass is 10.0. The summed E-state index contributed by atoms with van der Waals surface area (Å²) in [5.41, 5.74) is 15.4. The molecule has 1 unspecified atom stereocenters. The molecule has 2 heterocycles. The van der Waals surface area contributed by atoms with Gasteiger partial charge in [-0.25, -0.2) is 4.98 Å². The molecule has 0 bridgehead atoms. The summed E-state index contributed by atoms with van der Waals surface area (Å²) in [5.74, 6) is -0.611. The maximum absolute atomic E-state index is 13.1. The number of rotatable bonds is 7. The minimum Gasteiger partial charge on any atom is -0.460 e. The minimum atomic E-state index is -0.911. The summed E-state index contributed by atoms with van der Waals surface area (Å²) in [5, 5.41) is 0. The van der Waals surface area contributed by atoms with E-state index < -0.39 is 23.5 Å². The summed E-state index contributed by atoms with van der Waals surface area (Å²) in [6, 6.07) is 12.1. The topological polar surface area (TPSA) is 134 Å². The smallest absolute Gasteiger partial charge is 0.306 e. The fourth-order valence-corrected chi connectivity index (χ4v) is 4.40. The summed E-state index contributed by atoms with van der Waals surface area (Å²) in [7, 11) is 1.91. The van der Waals surface area contributed by atoms with Crippen LogP contribution in [-0.2, 0) is 27.9 Å². The summed E-state index contributed by atoms with van der Waals surface area (Å²) < 4.78 is 7.25. The third-order valence-electron chi connectivity index (χ3n) is 6.00. The second-order valence-corrected chi connectivity index (χ2v) is 10.0. The Morgan fingerprint density at radius 3 is 2.56 bits per heavy atom. The lowest BCUT2D eigenvalue weighted by Crippen LogP contribution is -2.45. The zero-order chi connectivity index (χ0) is 26.2. The molecule has 1 atom stereocenters. The number of imidazole rings is 1. The van der Waals surface area contributed by atoms with Gasteiger partial charge in [0.1, 0.15) is 17.5 Å². The van der Waals surface area contributed by atoms with Crippen LogP contribution < -0.4 is 11.5 Å². The van der Waals surface area contributed by atoms with Crippen LogP contribution in [-0.4, -0.2) is 43.9 Å². The number of hydrogen-bond donors (Lipinski definition) is 2. The molecule has 1 aromatic heterocycles. The highest BCUT2D eigenvalue weighted by Gasteiger charge is 2.36. The third kappa shape index (κ3) is 5.25. The van der Waals surface area contributed by atoms with Crippen molar-refractivity contribution in [3.05, 3.63) is 59.8 Å². The van der Waals surface area contributed by atoms with Crippen LogP contribution >= 0.6 is 0 Å². The first-order chi connectivity index (χ1) is 16.9. The standard InChI is InChI=1S/C27H31N5O4/c1-27(2,3)36-23(33)11-10-22(24(29)34)32-14-18-12-16(8-9-20(18)26(32)35)21-15-31(4)25(30-21)17-6-5-7-19(28)13-17/h5-9,12-13,15,22H,10-11,14,28H2,1-4H3,(H2,29,34). The third-order valence-corrected chi connectivity index (χ3v) is 6.00. The fourth-order valence-electron chi connectivity index (χ4n) is 4.40. The highest BCUT2D eigenvalue weighted by Crippen LogP contribution is 2.31. The number of carbonyl (C=O) groups is 3. The van der Waals surface area contributed by atoms with Crippen LogP contribution in [0.1, 0.15) is 49.5 Å². The average molecular weight is 490 g/mol. The molecule has 2 aromatic carbocycles. The van der Waals surface area contributed by atoms with Crippen molar-refractivity contribution in [2.45, 2.75) is 51.8 Å². The molecular weight excluding hydrogens is 458 g/mol. The van der Waals surface area contributed by atoms with E-state index in [1.54, 1.807) is 26.8 Å². The van der Waals surface area contributed by atoms with E-state index in [0.717, 1.165) is 28.2 Å². The molecule has 0 saturated heterocycles. The Labute approximate surface area is 210 Å². The number of nitrogen functional groups attached to an aromatic ring is 1. The van der Waals surface area contributed by atoms with Crippen LogP contribution in [0.4, 0.5) is 5.69 Å². The molecule has 1 aliphatic rings. The second kappa shape index (κ2) is 9.49. The lowest BCUT2D eigenvalue weighted by molar-refractivity contribution is -0.155.